The highest BCUT2D eigenvalue weighted by Crippen LogP contribution is 2.20. The van der Waals surface area contributed by atoms with E-state index in [1.165, 1.54) is 21.7 Å². The molecule has 2 rings (SSSR count). The second-order valence-corrected chi connectivity index (χ2v) is 6.68. The predicted octanol–water partition coefficient (Wildman–Crippen LogP) is -0.391. The molecule has 116 valence electrons. The van der Waals surface area contributed by atoms with E-state index >= 15 is 0 Å². The molecule has 8 nitrogen and oxygen atoms in total. The molecule has 0 aliphatic carbocycles. The van der Waals surface area contributed by atoms with Crippen molar-refractivity contribution >= 4 is 21.9 Å². The Morgan fingerprint density at radius 3 is 2.33 bits per heavy atom. The van der Waals surface area contributed by atoms with Gasteiger partial charge in [-0.3, -0.25) is 9.59 Å². The summed E-state index contributed by atoms with van der Waals surface area (Å²) < 4.78 is 24.0. The maximum atomic E-state index is 12.4. The second kappa shape index (κ2) is 5.49. The molecule has 0 aromatic carbocycles. The van der Waals surface area contributed by atoms with Gasteiger partial charge >= 0.3 is 5.97 Å². The van der Waals surface area contributed by atoms with E-state index in [1.54, 1.807) is 7.05 Å². The minimum Gasteiger partial charge on any atom is -0.481 e. The van der Waals surface area contributed by atoms with Crippen LogP contribution in [0.3, 0.4) is 0 Å². The van der Waals surface area contributed by atoms with Gasteiger partial charge in [-0.25, -0.2) is 13.6 Å². The lowest BCUT2D eigenvalue weighted by Crippen LogP contribution is -2.40. The molecule has 1 aliphatic heterocycles. The summed E-state index contributed by atoms with van der Waals surface area (Å²) in [5.74, 6) is -1.60. The number of carboxylic acid groups (broad SMARTS) is 1. The molecule has 0 unspecified atom stereocenters. The van der Waals surface area contributed by atoms with Crippen molar-refractivity contribution in [2.75, 3.05) is 13.1 Å². The van der Waals surface area contributed by atoms with Crippen molar-refractivity contribution < 1.29 is 23.1 Å². The van der Waals surface area contributed by atoms with E-state index < -0.39 is 21.9 Å². The van der Waals surface area contributed by atoms with E-state index in [4.69, 9.17) is 10.2 Å². The quantitative estimate of drug-likeness (QED) is 0.786. The van der Waals surface area contributed by atoms with Gasteiger partial charge in [0.2, 0.25) is 10.0 Å². The van der Waals surface area contributed by atoms with Crippen LogP contribution in [0.25, 0.3) is 0 Å². The number of rotatable bonds is 3. The van der Waals surface area contributed by atoms with Crippen molar-refractivity contribution in [3.05, 3.63) is 18.0 Å². The molecule has 1 aliphatic rings. The first-order chi connectivity index (χ1) is 9.70. The van der Waals surface area contributed by atoms with Crippen LogP contribution in [0.5, 0.6) is 0 Å². The number of likely N-dealkylation sites (tertiary alicyclic amines) is 1. The maximum absolute atomic E-state index is 12.4. The van der Waals surface area contributed by atoms with E-state index in [-0.39, 0.29) is 16.5 Å². The van der Waals surface area contributed by atoms with Crippen LogP contribution < -0.4 is 5.14 Å². The largest absolute Gasteiger partial charge is 0.481 e. The van der Waals surface area contributed by atoms with Crippen LogP contribution in [0.4, 0.5) is 0 Å². The zero-order valence-electron chi connectivity index (χ0n) is 11.5. The summed E-state index contributed by atoms with van der Waals surface area (Å²) in [5.41, 5.74) is 0.216. The van der Waals surface area contributed by atoms with Crippen LogP contribution in [-0.2, 0) is 21.9 Å². The van der Waals surface area contributed by atoms with Gasteiger partial charge < -0.3 is 14.6 Å². The van der Waals surface area contributed by atoms with Gasteiger partial charge in [-0.15, -0.1) is 0 Å². The number of nitrogens with zero attached hydrogens (tertiary/aromatic N) is 2. The lowest BCUT2D eigenvalue weighted by Gasteiger charge is -2.30. The Hall–Kier alpha value is -1.87. The van der Waals surface area contributed by atoms with Gasteiger partial charge in [0.1, 0.15) is 10.6 Å². The molecule has 2 heterocycles. The monoisotopic (exact) mass is 315 g/mol. The molecule has 1 aromatic rings. The average Bonchev–Trinajstić information content (AvgIpc) is 2.80. The van der Waals surface area contributed by atoms with Crippen molar-refractivity contribution in [3.63, 3.8) is 0 Å². The van der Waals surface area contributed by atoms with Crippen LogP contribution in [0, 0.1) is 5.92 Å². The van der Waals surface area contributed by atoms with Gasteiger partial charge in [-0.05, 0) is 18.9 Å². The van der Waals surface area contributed by atoms with Gasteiger partial charge in [-0.2, -0.15) is 0 Å². The number of hydrogen-bond acceptors (Lipinski definition) is 4. The molecule has 1 saturated heterocycles. The minimum atomic E-state index is -3.86. The summed E-state index contributed by atoms with van der Waals surface area (Å²) in [7, 11) is -2.30. The summed E-state index contributed by atoms with van der Waals surface area (Å²) in [6.07, 6.45) is 2.08. The summed E-state index contributed by atoms with van der Waals surface area (Å²) in [6, 6.07) is 1.24. The number of aryl methyl sites for hydroxylation is 1. The molecule has 0 atom stereocenters. The first-order valence-corrected chi connectivity index (χ1v) is 7.96. The van der Waals surface area contributed by atoms with Crippen molar-refractivity contribution in [3.8, 4) is 0 Å². The molecule has 1 fully saturated rings. The van der Waals surface area contributed by atoms with Crippen LogP contribution in [-0.4, -0.2) is 48.0 Å². The number of aromatic nitrogens is 1. The first kappa shape index (κ1) is 15.5. The lowest BCUT2D eigenvalue weighted by molar-refractivity contribution is -0.143. The number of aliphatic carboxylic acids is 1. The van der Waals surface area contributed by atoms with Gasteiger partial charge in [0.15, 0.2) is 0 Å². The molecule has 9 heteroatoms. The number of carbonyl (C=O) groups is 2. The maximum Gasteiger partial charge on any atom is 0.306 e. The normalized spacial score (nSPS) is 17.0. The van der Waals surface area contributed by atoms with Crippen LogP contribution >= 0.6 is 0 Å². The third-order valence-corrected chi connectivity index (χ3v) is 4.54. The fraction of sp³-hybridized carbons (Fsp3) is 0.500. The number of primary sulfonamides is 1. The van der Waals surface area contributed by atoms with Gasteiger partial charge in [0, 0.05) is 26.3 Å². The topological polar surface area (TPSA) is 123 Å². The standard InChI is InChI=1S/C12H17N3O5S/c1-14-7-9(21(13,19)20)6-10(14)11(16)15-4-2-8(3-5-15)12(17)18/h6-8H,2-5H2,1H3,(H,17,18)(H2,13,19,20). The SMILES string of the molecule is Cn1cc(S(N)(=O)=O)cc1C(=O)N1CCC(C(=O)O)CC1. The Bertz CT molecular complexity index is 671. The number of amides is 1. The summed E-state index contributed by atoms with van der Waals surface area (Å²) in [5, 5.41) is 14.0. The zero-order chi connectivity index (χ0) is 15.8. The molecule has 3 N–H and O–H groups in total. The third-order valence-electron chi connectivity index (χ3n) is 3.66. The number of sulfonamides is 1. The van der Waals surface area contributed by atoms with Gasteiger partial charge in [0.25, 0.3) is 5.91 Å². The van der Waals surface area contributed by atoms with Crippen molar-refractivity contribution in [2.45, 2.75) is 17.7 Å². The molecule has 0 saturated carbocycles. The van der Waals surface area contributed by atoms with Gasteiger partial charge in [-0.1, -0.05) is 0 Å². The Morgan fingerprint density at radius 2 is 1.90 bits per heavy atom. The smallest absolute Gasteiger partial charge is 0.306 e. The Morgan fingerprint density at radius 1 is 1.33 bits per heavy atom. The van der Waals surface area contributed by atoms with Crippen molar-refractivity contribution in [1.82, 2.24) is 9.47 Å². The van der Waals surface area contributed by atoms with Crippen LogP contribution in [0.15, 0.2) is 17.2 Å². The molecule has 0 bridgehead atoms. The van der Waals surface area contributed by atoms with Crippen LogP contribution in [0.2, 0.25) is 0 Å². The van der Waals surface area contributed by atoms with E-state index in [0.717, 1.165) is 0 Å². The fourth-order valence-corrected chi connectivity index (χ4v) is 2.97. The number of nitrogens with two attached hydrogens (primary N) is 1. The van der Waals surface area contributed by atoms with Crippen LogP contribution in [0.1, 0.15) is 23.3 Å². The molecular formula is C12H17N3O5S. The van der Waals surface area contributed by atoms with E-state index in [9.17, 15) is 18.0 Å². The summed E-state index contributed by atoms with van der Waals surface area (Å²) >= 11 is 0. The van der Waals surface area contributed by atoms with E-state index in [0.29, 0.717) is 25.9 Å². The zero-order valence-corrected chi connectivity index (χ0v) is 12.3. The average molecular weight is 315 g/mol. The lowest BCUT2D eigenvalue weighted by atomic mass is 9.97. The van der Waals surface area contributed by atoms with Crippen molar-refractivity contribution in [1.29, 1.82) is 0 Å². The third kappa shape index (κ3) is 3.24. The molecule has 0 radical (unpaired) electrons. The summed E-state index contributed by atoms with van der Waals surface area (Å²) in [6.45, 7) is 0.678. The van der Waals surface area contributed by atoms with Crippen molar-refractivity contribution in [2.24, 2.45) is 18.1 Å². The minimum absolute atomic E-state index is 0.117. The Labute approximate surface area is 122 Å². The van der Waals surface area contributed by atoms with E-state index in [1.807, 2.05) is 0 Å². The highest BCUT2D eigenvalue weighted by atomic mass is 32.2. The Balaban J connectivity index is 2.15. The number of carbonyl (C=O) groups excluding carboxylic acids is 1. The molecule has 21 heavy (non-hydrogen) atoms. The highest BCUT2D eigenvalue weighted by molar-refractivity contribution is 7.89. The van der Waals surface area contributed by atoms with Gasteiger partial charge in [0.05, 0.1) is 5.92 Å². The summed E-state index contributed by atoms with van der Waals surface area (Å²) in [4.78, 5) is 24.7. The molecule has 1 amide bonds. The molecule has 1 aromatic heterocycles. The second-order valence-electron chi connectivity index (χ2n) is 5.12. The number of carboxylic acids is 1. The molecular weight excluding hydrogens is 298 g/mol. The number of piperidine rings is 1. The molecule has 0 spiro atoms. The Kier molecular flexibility index (Phi) is 4.06. The fourth-order valence-electron chi connectivity index (χ4n) is 2.39. The number of hydrogen-bond donors (Lipinski definition) is 2. The van der Waals surface area contributed by atoms with E-state index in [2.05, 4.69) is 0 Å². The highest BCUT2D eigenvalue weighted by Gasteiger charge is 2.29. The predicted molar refractivity (Wildman–Crippen MR) is 73.0 cm³/mol. The first-order valence-electron chi connectivity index (χ1n) is 6.41.